The molecule has 1 aromatic carbocycles. The third-order valence-electron chi connectivity index (χ3n) is 2.91. The lowest BCUT2D eigenvalue weighted by atomic mass is 10.1. The van der Waals surface area contributed by atoms with Gasteiger partial charge in [0.1, 0.15) is 5.78 Å². The molecule has 0 radical (unpaired) electrons. The van der Waals surface area contributed by atoms with Crippen molar-refractivity contribution in [3.63, 3.8) is 0 Å². The van der Waals surface area contributed by atoms with Gasteiger partial charge in [0.25, 0.3) is 10.0 Å². The van der Waals surface area contributed by atoms with Crippen LogP contribution in [0.2, 0.25) is 0 Å². The Morgan fingerprint density at radius 1 is 1.05 bits per heavy atom. The average molecular weight is 295 g/mol. The van der Waals surface area contributed by atoms with E-state index in [0.717, 1.165) is 18.4 Å². The molecule has 0 N–H and O–H groups in total. The Morgan fingerprint density at radius 2 is 1.60 bits per heavy atom. The van der Waals surface area contributed by atoms with Gasteiger partial charge in [0, 0.05) is 12.1 Å². The molecule has 0 aliphatic carbocycles. The maximum absolute atomic E-state index is 12.1. The second-order valence-corrected chi connectivity index (χ2v) is 6.63. The van der Waals surface area contributed by atoms with Crippen molar-refractivity contribution in [2.45, 2.75) is 51.3 Å². The summed E-state index contributed by atoms with van der Waals surface area (Å²) < 4.78 is 27.9. The minimum atomic E-state index is -3.61. The Hall–Kier alpha value is -1.49. The fourth-order valence-electron chi connectivity index (χ4n) is 1.77. The Labute approximate surface area is 121 Å². The molecule has 1 rings (SSSR count). The summed E-state index contributed by atoms with van der Waals surface area (Å²) in [7, 11) is -3.61. The summed E-state index contributed by atoms with van der Waals surface area (Å²) in [6.07, 6.45) is 2.68. The van der Waals surface area contributed by atoms with Crippen LogP contribution in [-0.2, 0) is 14.8 Å². The van der Waals surface area contributed by atoms with Gasteiger partial charge >= 0.3 is 0 Å². The highest BCUT2D eigenvalue weighted by Gasteiger charge is 2.12. The van der Waals surface area contributed by atoms with Crippen LogP contribution >= 0.6 is 0 Å². The summed E-state index contributed by atoms with van der Waals surface area (Å²) in [6.45, 7) is 5.17. The predicted octanol–water partition coefficient (Wildman–Crippen LogP) is 3.29. The number of sulfonamides is 1. The van der Waals surface area contributed by atoms with E-state index >= 15 is 0 Å². The normalized spacial score (nSPS) is 12.4. The number of benzene rings is 1. The average Bonchev–Trinajstić information content (AvgIpc) is 2.34. The van der Waals surface area contributed by atoms with Gasteiger partial charge in [-0.3, -0.25) is 0 Å². The smallest absolute Gasteiger partial charge is 0.282 e. The molecule has 0 saturated heterocycles. The summed E-state index contributed by atoms with van der Waals surface area (Å²) >= 11 is 0. The number of rotatable bonds is 7. The number of carbonyl (C=O) groups excluding carboxylic acids is 1. The van der Waals surface area contributed by atoms with Crippen LogP contribution in [0.25, 0.3) is 0 Å². The zero-order chi connectivity index (χ0) is 15.2. The molecule has 0 aromatic heterocycles. The molecule has 0 unspecified atom stereocenters. The van der Waals surface area contributed by atoms with Crippen molar-refractivity contribution in [1.82, 2.24) is 0 Å². The van der Waals surface area contributed by atoms with Gasteiger partial charge in [-0.05, 0) is 52.2 Å². The minimum absolute atomic E-state index is 0.159. The van der Waals surface area contributed by atoms with Crippen molar-refractivity contribution in [3.8, 4) is 0 Å². The Balaban J connectivity index is 2.66. The number of unbranched alkanes of at least 4 members (excludes halogenated alkanes) is 1. The molecule has 0 spiro atoms. The van der Waals surface area contributed by atoms with Gasteiger partial charge in [-0.25, -0.2) is 0 Å². The fraction of sp³-hybridized carbons (Fsp3) is 0.467. The zero-order valence-corrected chi connectivity index (χ0v) is 13.0. The molecule has 0 atom stereocenters. The molecule has 0 heterocycles. The van der Waals surface area contributed by atoms with Crippen LogP contribution in [0.4, 0.5) is 0 Å². The Morgan fingerprint density at radius 3 is 2.15 bits per heavy atom. The number of carbonyl (C=O) groups is 1. The molecule has 0 aliphatic heterocycles. The van der Waals surface area contributed by atoms with Gasteiger partial charge in [0.15, 0.2) is 0 Å². The Bertz CT molecular complexity index is 586. The van der Waals surface area contributed by atoms with E-state index in [2.05, 4.69) is 4.40 Å². The lowest BCUT2D eigenvalue weighted by Crippen LogP contribution is -2.02. The first-order chi connectivity index (χ1) is 9.31. The van der Waals surface area contributed by atoms with Crippen LogP contribution in [0.5, 0.6) is 0 Å². The van der Waals surface area contributed by atoms with E-state index in [4.69, 9.17) is 0 Å². The van der Waals surface area contributed by atoms with E-state index < -0.39 is 10.0 Å². The molecule has 0 amide bonds. The molecule has 5 heteroatoms. The molecule has 0 aliphatic rings. The molecule has 4 nitrogen and oxygen atoms in total. The molecule has 1 aromatic rings. The van der Waals surface area contributed by atoms with Crippen molar-refractivity contribution in [3.05, 3.63) is 29.8 Å². The largest absolute Gasteiger partial charge is 0.300 e. The maximum atomic E-state index is 12.1. The van der Waals surface area contributed by atoms with Gasteiger partial charge in [-0.2, -0.15) is 12.8 Å². The number of Topliss-reactive ketones (excluding diaryl/α,β-unsaturated/α-hetero) is 1. The number of hydrogen-bond acceptors (Lipinski definition) is 3. The topological polar surface area (TPSA) is 63.6 Å². The van der Waals surface area contributed by atoms with E-state index in [1.165, 1.54) is 0 Å². The van der Waals surface area contributed by atoms with E-state index in [-0.39, 0.29) is 10.7 Å². The standard InChI is InChI=1S/C15H21NO3S/c1-12-8-10-15(11-9-12)20(18,19)16-13(2)6-4-5-7-14(3)17/h8-11H,4-7H2,1-3H3/b16-13+. The van der Waals surface area contributed by atoms with Crippen LogP contribution in [0.1, 0.15) is 45.1 Å². The quantitative estimate of drug-likeness (QED) is 0.572. The molecule has 110 valence electrons. The number of hydrogen-bond donors (Lipinski definition) is 0. The SMILES string of the molecule is CC(=O)CCCC/C(C)=N/S(=O)(=O)c1ccc(C)cc1. The first-order valence-electron chi connectivity index (χ1n) is 6.68. The number of aryl methyl sites for hydroxylation is 1. The van der Waals surface area contributed by atoms with Crippen molar-refractivity contribution in [2.75, 3.05) is 0 Å². The van der Waals surface area contributed by atoms with E-state index in [1.807, 2.05) is 6.92 Å². The van der Waals surface area contributed by atoms with E-state index in [1.54, 1.807) is 38.1 Å². The monoisotopic (exact) mass is 295 g/mol. The third-order valence-corrected chi connectivity index (χ3v) is 4.33. The first-order valence-corrected chi connectivity index (χ1v) is 8.12. The van der Waals surface area contributed by atoms with Crippen LogP contribution in [0, 0.1) is 6.92 Å². The zero-order valence-electron chi connectivity index (χ0n) is 12.2. The lowest BCUT2D eigenvalue weighted by molar-refractivity contribution is -0.117. The highest BCUT2D eigenvalue weighted by Crippen LogP contribution is 2.14. The van der Waals surface area contributed by atoms with Crippen molar-refractivity contribution < 1.29 is 13.2 Å². The van der Waals surface area contributed by atoms with Crippen LogP contribution in [0.15, 0.2) is 33.6 Å². The second kappa shape index (κ2) is 7.33. The fourth-order valence-corrected chi connectivity index (χ4v) is 2.86. The van der Waals surface area contributed by atoms with Crippen molar-refractivity contribution in [1.29, 1.82) is 0 Å². The predicted molar refractivity (Wildman–Crippen MR) is 80.6 cm³/mol. The molecule has 0 bridgehead atoms. The molecule has 20 heavy (non-hydrogen) atoms. The highest BCUT2D eigenvalue weighted by atomic mass is 32.2. The van der Waals surface area contributed by atoms with Gasteiger partial charge < -0.3 is 4.79 Å². The van der Waals surface area contributed by atoms with Crippen LogP contribution in [0.3, 0.4) is 0 Å². The summed E-state index contributed by atoms with van der Waals surface area (Å²) in [6, 6.07) is 6.64. The number of ketones is 1. The van der Waals surface area contributed by atoms with Gasteiger partial charge in [0.05, 0.1) is 4.90 Å². The summed E-state index contributed by atoms with van der Waals surface area (Å²) in [5, 5.41) is 0. The molecular weight excluding hydrogens is 274 g/mol. The number of nitrogens with zero attached hydrogens (tertiary/aromatic N) is 1. The maximum Gasteiger partial charge on any atom is 0.282 e. The van der Waals surface area contributed by atoms with E-state index in [0.29, 0.717) is 18.6 Å². The second-order valence-electron chi connectivity index (χ2n) is 5.02. The highest BCUT2D eigenvalue weighted by molar-refractivity contribution is 7.90. The summed E-state index contributed by atoms with van der Waals surface area (Å²) in [5.41, 5.74) is 1.59. The molecule has 0 saturated carbocycles. The summed E-state index contributed by atoms with van der Waals surface area (Å²) in [5.74, 6) is 0.159. The molecule has 0 fully saturated rings. The first kappa shape index (κ1) is 16.6. The Kier molecular flexibility index (Phi) is 6.07. The van der Waals surface area contributed by atoms with Gasteiger partial charge in [-0.15, -0.1) is 0 Å². The van der Waals surface area contributed by atoms with Crippen LogP contribution in [-0.4, -0.2) is 19.9 Å². The van der Waals surface area contributed by atoms with Gasteiger partial charge in [-0.1, -0.05) is 17.7 Å². The molecular formula is C15H21NO3S. The van der Waals surface area contributed by atoms with Crippen LogP contribution < -0.4 is 0 Å². The van der Waals surface area contributed by atoms with Crippen molar-refractivity contribution in [2.24, 2.45) is 4.40 Å². The lowest BCUT2D eigenvalue weighted by Gasteiger charge is -2.03. The van der Waals surface area contributed by atoms with Crippen molar-refractivity contribution >= 4 is 21.5 Å². The third kappa shape index (κ3) is 5.65. The van der Waals surface area contributed by atoms with Gasteiger partial charge in [0.2, 0.25) is 0 Å². The minimum Gasteiger partial charge on any atom is -0.300 e. The van der Waals surface area contributed by atoms with E-state index in [9.17, 15) is 13.2 Å². The summed E-state index contributed by atoms with van der Waals surface area (Å²) in [4.78, 5) is 11.0.